The van der Waals surface area contributed by atoms with Crippen molar-refractivity contribution in [3.63, 3.8) is 0 Å². The fraction of sp³-hybridized carbons (Fsp3) is 0. The molecule has 6 aromatic rings. The molecular weight excluding hydrogens is 442 g/mol. The van der Waals surface area contributed by atoms with Crippen LogP contribution in [0.3, 0.4) is 0 Å². The van der Waals surface area contributed by atoms with Gasteiger partial charge in [-0.3, -0.25) is 4.40 Å². The Labute approximate surface area is 179 Å². The van der Waals surface area contributed by atoms with E-state index in [0.717, 1.165) is 48.3 Å². The topological polar surface area (TPSA) is 30.2 Å². The van der Waals surface area contributed by atoms with E-state index in [0.29, 0.717) is 0 Å². The summed E-state index contributed by atoms with van der Waals surface area (Å²) < 4.78 is 3.31. The predicted octanol–water partition coefficient (Wildman–Crippen LogP) is 7.19. The summed E-state index contributed by atoms with van der Waals surface area (Å²) in [6.45, 7) is 0. The van der Waals surface area contributed by atoms with E-state index in [-0.39, 0.29) is 0 Å². The molecule has 0 spiro atoms. The third-order valence-corrected chi connectivity index (χ3v) is 6.52. The second kappa shape index (κ2) is 6.51. The number of fused-ring (bicyclic) bond motifs is 5. The molecule has 0 fully saturated rings. The number of benzene rings is 3. The van der Waals surface area contributed by atoms with Gasteiger partial charge in [0.15, 0.2) is 4.96 Å². The van der Waals surface area contributed by atoms with Crippen molar-refractivity contribution < 1.29 is 0 Å². The predicted molar refractivity (Wildman–Crippen MR) is 124 cm³/mol. The number of pyridine rings is 1. The molecule has 3 aromatic carbocycles. The molecule has 0 atom stereocenters. The Morgan fingerprint density at radius 2 is 1.52 bits per heavy atom. The van der Waals surface area contributed by atoms with Crippen molar-refractivity contribution in [1.29, 1.82) is 0 Å². The fourth-order valence-corrected chi connectivity index (χ4v) is 4.99. The summed E-state index contributed by atoms with van der Waals surface area (Å²) in [6.07, 6.45) is 0. The molecule has 5 heteroatoms. The van der Waals surface area contributed by atoms with Crippen LogP contribution in [0.5, 0.6) is 0 Å². The second-order valence-corrected chi connectivity index (χ2v) is 8.65. The largest absolute Gasteiger partial charge is 0.281 e. The van der Waals surface area contributed by atoms with Crippen molar-refractivity contribution >= 4 is 54.2 Å². The van der Waals surface area contributed by atoms with Crippen LogP contribution in [-0.2, 0) is 0 Å². The van der Waals surface area contributed by atoms with Crippen LogP contribution in [-0.4, -0.2) is 14.4 Å². The SMILES string of the molecule is Brc1ccc(-c2nc3ccccc3c3nc4scc(-c5ccccc5)n4c23)cc1. The minimum Gasteiger partial charge on any atom is -0.281 e. The maximum absolute atomic E-state index is 5.07. The van der Waals surface area contributed by atoms with Gasteiger partial charge in [0.1, 0.15) is 11.0 Å². The molecule has 6 rings (SSSR count). The number of hydrogen-bond acceptors (Lipinski definition) is 3. The first-order valence-electron chi connectivity index (χ1n) is 9.29. The molecule has 0 bridgehead atoms. The lowest BCUT2D eigenvalue weighted by Gasteiger charge is -2.09. The van der Waals surface area contributed by atoms with Gasteiger partial charge in [-0.15, -0.1) is 11.3 Å². The minimum absolute atomic E-state index is 0.953. The van der Waals surface area contributed by atoms with Crippen molar-refractivity contribution in [2.75, 3.05) is 0 Å². The summed E-state index contributed by atoms with van der Waals surface area (Å²) in [5, 5.41) is 3.26. The van der Waals surface area contributed by atoms with E-state index in [2.05, 4.69) is 86.4 Å². The van der Waals surface area contributed by atoms with Crippen molar-refractivity contribution in [3.05, 3.63) is 88.7 Å². The number of rotatable bonds is 2. The third-order valence-electron chi connectivity index (χ3n) is 5.17. The number of para-hydroxylation sites is 1. The Bertz CT molecular complexity index is 1500. The standard InChI is InChI=1S/C24H14BrN3S/c25-17-12-10-16(11-13-17)21-23-22(18-8-4-5-9-19(18)26-21)27-24-28(23)20(14-29-24)15-6-2-1-3-7-15/h1-14H. The molecule has 0 aliphatic rings. The van der Waals surface area contributed by atoms with Gasteiger partial charge in [0, 0.05) is 20.8 Å². The molecule has 0 aliphatic heterocycles. The zero-order valence-corrected chi connectivity index (χ0v) is 17.6. The van der Waals surface area contributed by atoms with E-state index in [4.69, 9.17) is 9.97 Å². The zero-order chi connectivity index (χ0) is 19.4. The minimum atomic E-state index is 0.953. The van der Waals surface area contributed by atoms with E-state index < -0.39 is 0 Å². The van der Waals surface area contributed by atoms with Crippen LogP contribution in [0.15, 0.2) is 88.7 Å². The number of hydrogen-bond donors (Lipinski definition) is 0. The number of halogens is 1. The van der Waals surface area contributed by atoms with Gasteiger partial charge in [-0.2, -0.15) is 0 Å². The highest BCUT2D eigenvalue weighted by atomic mass is 79.9. The molecule has 3 aromatic heterocycles. The number of nitrogens with zero attached hydrogens (tertiary/aromatic N) is 3. The van der Waals surface area contributed by atoms with Crippen molar-refractivity contribution in [2.45, 2.75) is 0 Å². The average Bonchev–Trinajstić information content (AvgIpc) is 3.34. The second-order valence-electron chi connectivity index (χ2n) is 6.90. The zero-order valence-electron chi connectivity index (χ0n) is 15.2. The highest BCUT2D eigenvalue weighted by molar-refractivity contribution is 9.10. The van der Waals surface area contributed by atoms with Crippen LogP contribution in [0.4, 0.5) is 0 Å². The van der Waals surface area contributed by atoms with Crippen LogP contribution in [0.2, 0.25) is 0 Å². The monoisotopic (exact) mass is 455 g/mol. The number of thiazole rings is 1. The number of aromatic nitrogens is 3. The van der Waals surface area contributed by atoms with Gasteiger partial charge in [0.05, 0.1) is 16.9 Å². The first-order chi connectivity index (χ1) is 14.3. The Morgan fingerprint density at radius 3 is 2.34 bits per heavy atom. The molecule has 3 heterocycles. The van der Waals surface area contributed by atoms with Crippen molar-refractivity contribution in [2.24, 2.45) is 0 Å². The van der Waals surface area contributed by atoms with Gasteiger partial charge in [0.25, 0.3) is 0 Å². The van der Waals surface area contributed by atoms with E-state index >= 15 is 0 Å². The average molecular weight is 456 g/mol. The Morgan fingerprint density at radius 1 is 0.759 bits per heavy atom. The summed E-state index contributed by atoms with van der Waals surface area (Å²) in [5.74, 6) is 0. The van der Waals surface area contributed by atoms with Gasteiger partial charge >= 0.3 is 0 Å². The quantitative estimate of drug-likeness (QED) is 0.276. The van der Waals surface area contributed by atoms with Gasteiger partial charge in [-0.1, -0.05) is 76.6 Å². The normalized spacial score (nSPS) is 11.6. The molecular formula is C24H14BrN3S. The van der Waals surface area contributed by atoms with E-state index in [1.54, 1.807) is 11.3 Å². The van der Waals surface area contributed by atoms with Gasteiger partial charge in [0.2, 0.25) is 0 Å². The first-order valence-corrected chi connectivity index (χ1v) is 11.0. The lowest BCUT2D eigenvalue weighted by atomic mass is 10.1. The summed E-state index contributed by atoms with van der Waals surface area (Å²) in [4.78, 5) is 11.1. The summed E-state index contributed by atoms with van der Waals surface area (Å²) >= 11 is 5.21. The van der Waals surface area contributed by atoms with Gasteiger partial charge in [-0.25, -0.2) is 9.97 Å². The molecule has 0 radical (unpaired) electrons. The maximum atomic E-state index is 5.07. The van der Waals surface area contributed by atoms with Crippen LogP contribution in [0.25, 0.3) is 49.4 Å². The maximum Gasteiger partial charge on any atom is 0.195 e. The van der Waals surface area contributed by atoms with Crippen LogP contribution < -0.4 is 0 Å². The molecule has 0 N–H and O–H groups in total. The summed E-state index contributed by atoms with van der Waals surface area (Å²) in [5.41, 5.74) is 7.37. The molecule has 138 valence electrons. The molecule has 0 aliphatic carbocycles. The summed E-state index contributed by atoms with van der Waals surface area (Å²) in [6, 6.07) is 27.0. The molecule has 0 unspecified atom stereocenters. The smallest absolute Gasteiger partial charge is 0.195 e. The van der Waals surface area contributed by atoms with Crippen LogP contribution >= 0.6 is 27.3 Å². The van der Waals surface area contributed by atoms with Crippen LogP contribution in [0.1, 0.15) is 0 Å². The van der Waals surface area contributed by atoms with Crippen molar-refractivity contribution in [3.8, 4) is 22.5 Å². The Hall–Kier alpha value is -3.02. The van der Waals surface area contributed by atoms with Gasteiger partial charge < -0.3 is 0 Å². The fourth-order valence-electron chi connectivity index (χ4n) is 3.83. The third kappa shape index (κ3) is 2.62. The molecule has 3 nitrogen and oxygen atoms in total. The molecule has 0 amide bonds. The summed E-state index contributed by atoms with van der Waals surface area (Å²) in [7, 11) is 0. The highest BCUT2D eigenvalue weighted by Crippen LogP contribution is 2.37. The molecule has 0 saturated carbocycles. The number of imidazole rings is 1. The molecule has 0 saturated heterocycles. The van der Waals surface area contributed by atoms with E-state index in [9.17, 15) is 0 Å². The highest BCUT2D eigenvalue weighted by Gasteiger charge is 2.19. The first kappa shape index (κ1) is 16.9. The Balaban J connectivity index is 1.80. The molecule has 29 heavy (non-hydrogen) atoms. The van der Waals surface area contributed by atoms with Crippen molar-refractivity contribution in [1.82, 2.24) is 14.4 Å². The van der Waals surface area contributed by atoms with Gasteiger partial charge in [-0.05, 0) is 23.8 Å². The van der Waals surface area contributed by atoms with Crippen LogP contribution in [0, 0.1) is 0 Å². The van der Waals surface area contributed by atoms with E-state index in [1.165, 1.54) is 5.56 Å². The lowest BCUT2D eigenvalue weighted by Crippen LogP contribution is -1.93. The lowest BCUT2D eigenvalue weighted by molar-refractivity contribution is 1.27. The van der Waals surface area contributed by atoms with E-state index in [1.807, 2.05) is 18.2 Å². The Kier molecular flexibility index (Phi) is 3.79.